The van der Waals surface area contributed by atoms with Gasteiger partial charge in [-0.2, -0.15) is 0 Å². The minimum Gasteiger partial charge on any atom is -0.480 e. The molecule has 0 radical (unpaired) electrons. The summed E-state index contributed by atoms with van der Waals surface area (Å²) in [5.74, 6) is -1.47. The van der Waals surface area contributed by atoms with Gasteiger partial charge in [-0.1, -0.05) is 13.8 Å². The van der Waals surface area contributed by atoms with E-state index in [1.165, 1.54) is 7.11 Å². The van der Waals surface area contributed by atoms with Gasteiger partial charge < -0.3 is 14.9 Å². The number of carbonyl (C=O) groups excluding carboxylic acids is 1. The molecule has 1 unspecified atom stereocenters. The third-order valence-electron chi connectivity index (χ3n) is 1.99. The third kappa shape index (κ3) is 7.48. The highest BCUT2D eigenvalue weighted by Crippen LogP contribution is 2.05. The normalized spacial score (nSPS) is 14.9. The van der Waals surface area contributed by atoms with Gasteiger partial charge in [-0.15, -0.1) is 0 Å². The van der Waals surface area contributed by atoms with Crippen molar-refractivity contribution < 1.29 is 24.5 Å². The summed E-state index contributed by atoms with van der Waals surface area (Å²) >= 11 is 0. The van der Waals surface area contributed by atoms with Crippen LogP contribution in [0.1, 0.15) is 20.3 Å². The number of carboxylic acid groups (broad SMARTS) is 1. The molecule has 0 aliphatic heterocycles. The van der Waals surface area contributed by atoms with Crippen LogP contribution in [0.2, 0.25) is 0 Å². The molecule has 0 aliphatic rings. The first-order chi connectivity index (χ1) is 7.86. The Morgan fingerprint density at radius 1 is 1.41 bits per heavy atom. The summed E-state index contributed by atoms with van der Waals surface area (Å²) in [7, 11) is 1.21. The third-order valence-corrected chi connectivity index (χ3v) is 1.99. The summed E-state index contributed by atoms with van der Waals surface area (Å²) in [5.41, 5.74) is 0. The first-order valence-corrected chi connectivity index (χ1v) is 5.29. The summed E-state index contributed by atoms with van der Waals surface area (Å²) in [6.45, 7) is 3.77. The van der Waals surface area contributed by atoms with E-state index in [1.807, 2.05) is 13.8 Å². The Hall–Kier alpha value is -1.40. The Labute approximate surface area is 100 Å². The number of carboxylic acids is 1. The maximum Gasteiger partial charge on any atom is 0.330 e. The van der Waals surface area contributed by atoms with Crippen LogP contribution < -0.4 is 5.32 Å². The fraction of sp³-hybridized carbons (Fsp3) is 0.636. The standard InChI is InChI=1S/C11H19NO5/c1-7(2)6-8(11(15)16)12-9(13)4-5-10(14)17-3/h4-5,7-9,12-13H,6H2,1-3H3,(H,15,16)/b5-4+/t8-,9?/m0/s1. The van der Waals surface area contributed by atoms with E-state index in [4.69, 9.17) is 5.11 Å². The number of ether oxygens (including phenoxy) is 1. The zero-order valence-corrected chi connectivity index (χ0v) is 10.2. The van der Waals surface area contributed by atoms with Crippen molar-refractivity contribution in [3.8, 4) is 0 Å². The summed E-state index contributed by atoms with van der Waals surface area (Å²) in [4.78, 5) is 21.6. The van der Waals surface area contributed by atoms with Gasteiger partial charge in [-0.25, -0.2) is 4.79 Å². The molecule has 6 heteroatoms. The van der Waals surface area contributed by atoms with E-state index < -0.39 is 24.2 Å². The van der Waals surface area contributed by atoms with Crippen molar-refractivity contribution in [2.45, 2.75) is 32.5 Å². The minimum absolute atomic E-state index is 0.181. The Morgan fingerprint density at radius 2 is 2.00 bits per heavy atom. The van der Waals surface area contributed by atoms with Gasteiger partial charge >= 0.3 is 11.9 Å². The first-order valence-electron chi connectivity index (χ1n) is 5.29. The molecule has 0 rings (SSSR count). The highest BCUT2D eigenvalue weighted by Gasteiger charge is 2.20. The number of esters is 1. The number of nitrogens with one attached hydrogen (secondary N) is 1. The van der Waals surface area contributed by atoms with E-state index >= 15 is 0 Å². The highest BCUT2D eigenvalue weighted by atomic mass is 16.5. The van der Waals surface area contributed by atoms with Crippen molar-refractivity contribution in [3.05, 3.63) is 12.2 Å². The van der Waals surface area contributed by atoms with Gasteiger partial charge in [-0.05, 0) is 18.4 Å². The van der Waals surface area contributed by atoms with Crippen LogP contribution in [0.15, 0.2) is 12.2 Å². The van der Waals surface area contributed by atoms with E-state index in [2.05, 4.69) is 10.1 Å². The molecule has 0 aliphatic carbocycles. The Morgan fingerprint density at radius 3 is 2.41 bits per heavy atom. The van der Waals surface area contributed by atoms with E-state index in [0.717, 1.165) is 12.2 Å². The zero-order chi connectivity index (χ0) is 13.4. The molecule has 0 amide bonds. The second kappa shape index (κ2) is 7.81. The summed E-state index contributed by atoms with van der Waals surface area (Å²) in [6.07, 6.45) is 1.36. The average molecular weight is 245 g/mol. The van der Waals surface area contributed by atoms with Gasteiger partial charge in [-0.3, -0.25) is 10.1 Å². The molecule has 17 heavy (non-hydrogen) atoms. The summed E-state index contributed by atoms with van der Waals surface area (Å²) < 4.78 is 4.34. The summed E-state index contributed by atoms with van der Waals surface area (Å²) in [5, 5.41) is 20.9. The van der Waals surface area contributed by atoms with E-state index in [-0.39, 0.29) is 5.92 Å². The van der Waals surface area contributed by atoms with E-state index in [0.29, 0.717) is 6.42 Å². The quantitative estimate of drug-likeness (QED) is 0.335. The molecule has 0 aromatic carbocycles. The van der Waals surface area contributed by atoms with Crippen LogP contribution >= 0.6 is 0 Å². The van der Waals surface area contributed by atoms with Crippen LogP contribution in [0.5, 0.6) is 0 Å². The molecule has 0 bridgehead atoms. The van der Waals surface area contributed by atoms with Crippen molar-refractivity contribution >= 4 is 11.9 Å². The molecule has 2 atom stereocenters. The lowest BCUT2D eigenvalue weighted by molar-refractivity contribution is -0.140. The molecule has 6 nitrogen and oxygen atoms in total. The van der Waals surface area contributed by atoms with Crippen molar-refractivity contribution in [1.29, 1.82) is 0 Å². The van der Waals surface area contributed by atoms with Gasteiger partial charge in [0.15, 0.2) is 0 Å². The maximum atomic E-state index is 10.9. The van der Waals surface area contributed by atoms with Gasteiger partial charge in [0.25, 0.3) is 0 Å². The molecule has 0 aromatic rings. The highest BCUT2D eigenvalue weighted by molar-refractivity contribution is 5.81. The van der Waals surface area contributed by atoms with Crippen LogP contribution in [-0.4, -0.2) is 41.5 Å². The fourth-order valence-corrected chi connectivity index (χ4v) is 1.21. The molecule has 0 fully saturated rings. The molecule has 98 valence electrons. The predicted molar refractivity (Wildman–Crippen MR) is 61.2 cm³/mol. The average Bonchev–Trinajstić information content (AvgIpc) is 2.24. The summed E-state index contributed by atoms with van der Waals surface area (Å²) in [6, 6.07) is -0.854. The first kappa shape index (κ1) is 15.6. The lowest BCUT2D eigenvalue weighted by atomic mass is 10.0. The van der Waals surface area contributed by atoms with E-state index in [9.17, 15) is 14.7 Å². The zero-order valence-electron chi connectivity index (χ0n) is 10.2. The van der Waals surface area contributed by atoms with Crippen molar-refractivity contribution in [2.24, 2.45) is 5.92 Å². The van der Waals surface area contributed by atoms with Crippen LogP contribution in [0.3, 0.4) is 0 Å². The molecule has 0 saturated heterocycles. The lowest BCUT2D eigenvalue weighted by Crippen LogP contribution is -2.43. The monoisotopic (exact) mass is 245 g/mol. The number of rotatable bonds is 7. The lowest BCUT2D eigenvalue weighted by Gasteiger charge is -2.18. The molecule has 0 heterocycles. The fourth-order valence-electron chi connectivity index (χ4n) is 1.21. The minimum atomic E-state index is -1.20. The van der Waals surface area contributed by atoms with Gasteiger partial charge in [0.2, 0.25) is 0 Å². The number of aliphatic hydroxyl groups is 1. The number of aliphatic carboxylic acids is 1. The number of hydrogen-bond donors (Lipinski definition) is 3. The van der Waals surface area contributed by atoms with E-state index in [1.54, 1.807) is 0 Å². The topological polar surface area (TPSA) is 95.9 Å². The Balaban J connectivity index is 4.30. The van der Waals surface area contributed by atoms with Gasteiger partial charge in [0, 0.05) is 6.08 Å². The molecular weight excluding hydrogens is 226 g/mol. The van der Waals surface area contributed by atoms with Gasteiger partial charge in [0.05, 0.1) is 7.11 Å². The Kier molecular flexibility index (Phi) is 7.16. The molecule has 0 spiro atoms. The molecule has 0 aromatic heterocycles. The predicted octanol–water partition coefficient (Wildman–Crippen LogP) is 0.123. The van der Waals surface area contributed by atoms with Crippen LogP contribution in [0.25, 0.3) is 0 Å². The number of methoxy groups -OCH3 is 1. The Bertz CT molecular complexity index is 288. The van der Waals surface area contributed by atoms with Crippen LogP contribution in [-0.2, 0) is 14.3 Å². The second-order valence-electron chi connectivity index (χ2n) is 4.01. The smallest absolute Gasteiger partial charge is 0.330 e. The second-order valence-corrected chi connectivity index (χ2v) is 4.01. The molecule has 3 N–H and O–H groups in total. The molecular formula is C11H19NO5. The maximum absolute atomic E-state index is 10.9. The van der Waals surface area contributed by atoms with Gasteiger partial charge in [0.1, 0.15) is 12.3 Å². The number of aliphatic hydroxyl groups excluding tert-OH is 1. The van der Waals surface area contributed by atoms with Crippen LogP contribution in [0, 0.1) is 5.92 Å². The van der Waals surface area contributed by atoms with Crippen molar-refractivity contribution in [1.82, 2.24) is 5.32 Å². The molecule has 0 saturated carbocycles. The number of carbonyl (C=O) groups is 2. The van der Waals surface area contributed by atoms with Crippen LogP contribution in [0.4, 0.5) is 0 Å². The van der Waals surface area contributed by atoms with Crippen molar-refractivity contribution in [2.75, 3.05) is 7.11 Å². The number of hydrogen-bond acceptors (Lipinski definition) is 5. The largest absolute Gasteiger partial charge is 0.480 e. The SMILES string of the molecule is COC(=O)/C=C/C(O)N[C@@H](CC(C)C)C(=O)O. The van der Waals surface area contributed by atoms with Crippen molar-refractivity contribution in [3.63, 3.8) is 0 Å².